The molecule has 0 saturated carbocycles. The van der Waals surface area contributed by atoms with E-state index in [0.717, 1.165) is 18.9 Å². The molecule has 0 aromatic heterocycles. The summed E-state index contributed by atoms with van der Waals surface area (Å²) in [6.45, 7) is 10.7. The molecule has 1 atom stereocenters. The zero-order valence-corrected chi connectivity index (χ0v) is 39.1. The molecule has 1 N–H and O–H groups in total. The van der Waals surface area contributed by atoms with Gasteiger partial charge in [-0.25, -0.2) is 8.42 Å². The number of nitrogens with one attached hydrogen (secondary N) is 1. The van der Waals surface area contributed by atoms with Gasteiger partial charge in [0.25, 0.3) is 14.0 Å². The Balaban J connectivity index is 1.31. The molecule has 14 heteroatoms. The van der Waals surface area contributed by atoms with Crippen molar-refractivity contribution in [3.05, 3.63) is 143 Å². The number of nitrogens with zero attached hydrogens (tertiary/aromatic N) is 2. The Bertz CT molecular complexity index is 2250. The van der Waals surface area contributed by atoms with E-state index in [-0.39, 0.29) is 46.1 Å². The minimum absolute atomic E-state index is 0.00612. The molecular formula is C49H61N3O9SSi. The van der Waals surface area contributed by atoms with Crippen molar-refractivity contribution in [2.75, 3.05) is 45.9 Å². The molecule has 1 aliphatic heterocycles. The molecule has 0 aliphatic carbocycles. The first kappa shape index (κ1) is 47.2. The first-order chi connectivity index (χ1) is 30.2. The van der Waals surface area contributed by atoms with E-state index < -0.39 is 29.4 Å². The Morgan fingerprint density at radius 3 is 1.83 bits per heavy atom. The van der Waals surface area contributed by atoms with Crippen molar-refractivity contribution in [1.82, 2.24) is 4.31 Å². The molecule has 0 amide bonds. The molecule has 6 rings (SSSR count). The number of sulfonamides is 1. The van der Waals surface area contributed by atoms with Crippen LogP contribution in [0, 0.1) is 16.0 Å². The molecule has 1 fully saturated rings. The van der Waals surface area contributed by atoms with Crippen LogP contribution in [-0.2, 0) is 32.3 Å². The van der Waals surface area contributed by atoms with E-state index in [9.17, 15) is 18.5 Å². The number of benzene rings is 5. The second-order valence-electron chi connectivity index (χ2n) is 17.1. The van der Waals surface area contributed by atoms with Gasteiger partial charge >= 0.3 is 0 Å². The summed E-state index contributed by atoms with van der Waals surface area (Å²) in [7, 11) is -4.02. The van der Waals surface area contributed by atoms with E-state index in [1.807, 2.05) is 19.1 Å². The molecular weight excluding hydrogens is 835 g/mol. The van der Waals surface area contributed by atoms with E-state index in [1.54, 1.807) is 62.8 Å². The lowest BCUT2D eigenvalue weighted by atomic mass is 10.0. The van der Waals surface area contributed by atoms with Gasteiger partial charge in [0.15, 0.2) is 11.4 Å². The van der Waals surface area contributed by atoms with Crippen molar-refractivity contribution in [1.29, 1.82) is 0 Å². The summed E-state index contributed by atoms with van der Waals surface area (Å²) < 4.78 is 61.1. The smallest absolute Gasteiger partial charge is 0.297 e. The van der Waals surface area contributed by atoms with Gasteiger partial charge in [-0.15, -0.1) is 0 Å². The van der Waals surface area contributed by atoms with Crippen LogP contribution in [0.4, 0.5) is 11.4 Å². The highest BCUT2D eigenvalue weighted by Gasteiger charge is 2.50. The predicted molar refractivity (Wildman–Crippen MR) is 250 cm³/mol. The summed E-state index contributed by atoms with van der Waals surface area (Å²) in [5.74, 6) is 1.58. The Hall–Kier alpha value is -5.25. The van der Waals surface area contributed by atoms with E-state index >= 15 is 0 Å². The average Bonchev–Trinajstić information content (AvgIpc) is 3.29. The second kappa shape index (κ2) is 21.4. The van der Waals surface area contributed by atoms with Gasteiger partial charge in [-0.2, -0.15) is 4.31 Å². The summed E-state index contributed by atoms with van der Waals surface area (Å²) in [5.41, 5.74) is 1.19. The highest BCUT2D eigenvalue weighted by atomic mass is 32.2. The third-order valence-electron chi connectivity index (χ3n) is 11.7. The van der Waals surface area contributed by atoms with Gasteiger partial charge in [-0.1, -0.05) is 106 Å². The van der Waals surface area contributed by atoms with Gasteiger partial charge in [-0.3, -0.25) is 10.1 Å². The van der Waals surface area contributed by atoms with Crippen molar-refractivity contribution < 1.29 is 36.7 Å². The Kier molecular flexibility index (Phi) is 16.1. The van der Waals surface area contributed by atoms with E-state index in [0.29, 0.717) is 61.8 Å². The van der Waals surface area contributed by atoms with Crippen LogP contribution < -0.4 is 29.9 Å². The molecule has 0 radical (unpaired) electrons. The number of ether oxygens (including phenoxy) is 4. The number of anilines is 1. The van der Waals surface area contributed by atoms with E-state index in [2.05, 4.69) is 74.6 Å². The Labute approximate surface area is 373 Å². The topological polar surface area (TPSA) is 139 Å². The lowest BCUT2D eigenvalue weighted by Crippen LogP contribution is -2.66. The van der Waals surface area contributed by atoms with Crippen LogP contribution >= 0.6 is 0 Å². The van der Waals surface area contributed by atoms with Crippen LogP contribution in [0.1, 0.15) is 64.5 Å². The molecule has 336 valence electrons. The van der Waals surface area contributed by atoms with E-state index in [1.165, 1.54) is 20.7 Å². The van der Waals surface area contributed by atoms with Crippen molar-refractivity contribution in [3.8, 4) is 17.2 Å². The maximum atomic E-state index is 14.9. The van der Waals surface area contributed by atoms with Crippen LogP contribution in [-0.4, -0.2) is 72.7 Å². The summed E-state index contributed by atoms with van der Waals surface area (Å²) in [5, 5.41) is 18.4. The number of hydrogen-bond acceptors (Lipinski definition) is 10. The molecule has 0 spiro atoms. The van der Waals surface area contributed by atoms with Crippen LogP contribution in [0.25, 0.3) is 0 Å². The normalized spacial score (nSPS) is 14.3. The Morgan fingerprint density at radius 2 is 1.35 bits per heavy atom. The van der Waals surface area contributed by atoms with Gasteiger partial charge in [0.05, 0.1) is 30.1 Å². The molecule has 1 aliphatic rings. The zero-order chi connectivity index (χ0) is 45.0. The first-order valence-corrected chi connectivity index (χ1v) is 24.9. The molecule has 0 bridgehead atoms. The standard InChI is InChI=1S/C49H61N3O9SSi/c1-37(14-13-29-60-63(49(2,3)4,44-15-9-7-10-16-44)45-17-11-8-12-18-45)61-47-33-43(32-46(52(53)54)48(47)50-34-38-27-30-59-31-28-38)62(55,56)51(35-39-19-23-41(57-5)24-20-39)36-40-21-25-42(58-6)26-22-40/h7-12,15-26,32-33,37-38,50H,13-14,27-31,34-36H2,1-6H3/t37-/m0/s1. The second-order valence-corrected chi connectivity index (χ2v) is 23.3. The lowest BCUT2D eigenvalue weighted by molar-refractivity contribution is -0.384. The molecule has 63 heavy (non-hydrogen) atoms. The van der Waals surface area contributed by atoms with Crippen molar-refractivity contribution in [2.24, 2.45) is 5.92 Å². The summed E-state index contributed by atoms with van der Waals surface area (Å²) >= 11 is 0. The summed E-state index contributed by atoms with van der Waals surface area (Å²) in [4.78, 5) is 12.1. The molecule has 0 unspecified atom stereocenters. The van der Waals surface area contributed by atoms with Crippen molar-refractivity contribution >= 4 is 40.1 Å². The Morgan fingerprint density at radius 1 is 0.825 bits per heavy atom. The fraction of sp³-hybridized carbons (Fsp3) is 0.388. The fourth-order valence-corrected chi connectivity index (χ4v) is 14.3. The van der Waals surface area contributed by atoms with Crippen molar-refractivity contribution in [2.45, 2.75) is 82.5 Å². The van der Waals surface area contributed by atoms with Gasteiger partial charge in [0.2, 0.25) is 10.0 Å². The maximum absolute atomic E-state index is 14.9. The monoisotopic (exact) mass is 895 g/mol. The van der Waals surface area contributed by atoms with E-state index in [4.69, 9.17) is 23.4 Å². The zero-order valence-electron chi connectivity index (χ0n) is 37.2. The fourth-order valence-electron chi connectivity index (χ4n) is 8.21. The summed E-state index contributed by atoms with van der Waals surface area (Å²) in [6, 6.07) is 37.8. The van der Waals surface area contributed by atoms with Crippen LogP contribution in [0.3, 0.4) is 0 Å². The van der Waals surface area contributed by atoms with Crippen LogP contribution in [0.15, 0.2) is 126 Å². The molecule has 5 aromatic rings. The number of nitro groups is 1. The number of hydrogen-bond donors (Lipinski definition) is 1. The average molecular weight is 896 g/mol. The van der Waals surface area contributed by atoms with Gasteiger partial charge in [-0.05, 0) is 89.3 Å². The largest absolute Gasteiger partial charge is 0.497 e. The minimum Gasteiger partial charge on any atom is -0.497 e. The maximum Gasteiger partial charge on any atom is 0.297 e. The lowest BCUT2D eigenvalue weighted by Gasteiger charge is -2.43. The first-order valence-electron chi connectivity index (χ1n) is 21.6. The minimum atomic E-state index is -4.37. The summed E-state index contributed by atoms with van der Waals surface area (Å²) in [6.07, 6.45) is 2.33. The number of methoxy groups -OCH3 is 2. The van der Waals surface area contributed by atoms with Gasteiger partial charge in [0, 0.05) is 51.6 Å². The van der Waals surface area contributed by atoms with Crippen molar-refractivity contribution in [3.63, 3.8) is 0 Å². The quantitative estimate of drug-likeness (QED) is 0.0329. The SMILES string of the molecule is COc1ccc(CN(Cc2ccc(OC)cc2)S(=O)(=O)c2cc(O[C@@H](C)CCCO[Si](c3ccccc3)(c3ccccc3)C(C)(C)C)c(NCC3CCOCC3)c([N+](=O)[O-])c2)cc1. The third kappa shape index (κ3) is 11.7. The number of rotatable bonds is 21. The highest BCUT2D eigenvalue weighted by molar-refractivity contribution is 7.89. The van der Waals surface area contributed by atoms with Gasteiger partial charge in [0.1, 0.15) is 11.5 Å². The van der Waals surface area contributed by atoms with Crippen LogP contribution in [0.2, 0.25) is 5.04 Å². The number of nitro benzene ring substituents is 1. The molecule has 1 heterocycles. The van der Waals surface area contributed by atoms with Gasteiger partial charge < -0.3 is 28.7 Å². The molecule has 5 aromatic carbocycles. The van der Waals surface area contributed by atoms with Crippen LogP contribution in [0.5, 0.6) is 17.2 Å². The third-order valence-corrected chi connectivity index (χ3v) is 18.5. The highest BCUT2D eigenvalue weighted by Crippen LogP contribution is 2.41. The molecule has 1 saturated heterocycles. The molecule has 12 nitrogen and oxygen atoms in total. The predicted octanol–water partition coefficient (Wildman–Crippen LogP) is 8.97.